The number of rotatable bonds is 38. The van der Waals surface area contributed by atoms with E-state index in [-0.39, 0.29) is 0 Å². The third-order valence-electron chi connectivity index (χ3n) is 25.8. The van der Waals surface area contributed by atoms with Crippen molar-refractivity contribution in [1.82, 2.24) is 37.2 Å². The molecule has 35 N–H and O–H groups in total. The molecule has 11 rings (SSSR count). The van der Waals surface area contributed by atoms with Crippen molar-refractivity contribution in [2.45, 2.75) is 386 Å². The van der Waals surface area contributed by atoms with Gasteiger partial charge < -0.3 is 280 Å². The molecule has 0 radical (unpaired) electrons. The first-order chi connectivity index (χ1) is 67.7. The maximum atomic E-state index is 13.5. The Morgan fingerprint density at radius 3 is 0.706 bits per heavy atom. The normalized spacial score (nSPS) is 47.3. The molecule has 143 heavy (non-hydrogen) atoms. The van der Waals surface area contributed by atoms with Crippen molar-refractivity contribution < 1.29 is 276 Å². The summed E-state index contributed by atoms with van der Waals surface area (Å²) in [5.41, 5.74) is 0. The van der Waals surface area contributed by atoms with Gasteiger partial charge in [0.25, 0.3) is 0 Å². The smallest absolute Gasteiger partial charge is 0.217 e. The van der Waals surface area contributed by atoms with Crippen LogP contribution in [0.2, 0.25) is 0 Å². The van der Waals surface area contributed by atoms with E-state index in [4.69, 9.17) is 99.5 Å². The van der Waals surface area contributed by atoms with Crippen molar-refractivity contribution in [3.63, 3.8) is 0 Å². The monoisotopic (exact) mass is 2090 g/mol. The van der Waals surface area contributed by atoms with E-state index in [0.29, 0.717) is 0 Å². The minimum Gasteiger partial charge on any atom is -0.394 e. The molecule has 63 heteroatoms. The Kier molecular flexibility index (Phi) is 42.7. The molecule has 11 fully saturated rings. The molecule has 55 atom stereocenters. The van der Waals surface area contributed by atoms with Gasteiger partial charge in [0.05, 0.1) is 72.7 Å². The summed E-state index contributed by atoms with van der Waals surface area (Å²) in [5.74, 6) is -6.65. The van der Waals surface area contributed by atoms with Crippen molar-refractivity contribution in [2.24, 2.45) is 0 Å². The summed E-state index contributed by atoms with van der Waals surface area (Å²) in [6, 6.07) is -13.5. The number of hydrogen-bond donors (Lipinski definition) is 35. The Labute approximate surface area is 810 Å². The zero-order valence-electron chi connectivity index (χ0n) is 77.5. The van der Waals surface area contributed by atoms with Crippen LogP contribution in [-0.2, 0) is 133 Å². The van der Waals surface area contributed by atoms with Gasteiger partial charge in [0.1, 0.15) is 268 Å². The zero-order valence-corrected chi connectivity index (χ0v) is 77.5. The van der Waals surface area contributed by atoms with Crippen molar-refractivity contribution >= 4 is 41.4 Å². The molecule has 11 saturated heterocycles. The van der Waals surface area contributed by atoms with Crippen LogP contribution in [0.25, 0.3) is 0 Å². The molecule has 0 aliphatic carbocycles. The number of aliphatic hydroxyl groups is 28. The molecule has 0 bridgehead atoms. The first kappa shape index (κ1) is 118. The van der Waals surface area contributed by atoms with E-state index in [1.54, 1.807) is 0 Å². The molecule has 63 nitrogen and oxygen atoms in total. The highest BCUT2D eigenvalue weighted by Crippen LogP contribution is 2.43. The highest BCUT2D eigenvalue weighted by molar-refractivity contribution is 5.75. The Morgan fingerprint density at radius 2 is 0.392 bits per heavy atom. The molecule has 824 valence electrons. The average Bonchev–Trinajstić information content (AvgIpc) is 0.751. The first-order valence-corrected chi connectivity index (χ1v) is 45.6. The van der Waals surface area contributed by atoms with Crippen molar-refractivity contribution in [3.05, 3.63) is 0 Å². The maximum Gasteiger partial charge on any atom is 0.217 e. The van der Waals surface area contributed by atoms with Gasteiger partial charge in [-0.2, -0.15) is 0 Å². The van der Waals surface area contributed by atoms with Gasteiger partial charge in [0, 0.05) is 48.5 Å². The van der Waals surface area contributed by atoms with Gasteiger partial charge in [0.2, 0.25) is 41.4 Å². The third-order valence-corrected chi connectivity index (χ3v) is 25.8. The summed E-state index contributed by atoms with van der Waals surface area (Å²) in [6.07, 6.45) is -104. The van der Waals surface area contributed by atoms with E-state index in [2.05, 4.69) is 37.2 Å². The van der Waals surface area contributed by atoms with Gasteiger partial charge >= 0.3 is 0 Å². The van der Waals surface area contributed by atoms with Crippen LogP contribution < -0.4 is 37.2 Å². The van der Waals surface area contributed by atoms with E-state index in [9.17, 15) is 177 Å². The predicted molar refractivity (Wildman–Crippen MR) is 444 cm³/mol. The van der Waals surface area contributed by atoms with Crippen LogP contribution in [0, 0.1) is 0 Å². The van der Waals surface area contributed by atoms with Gasteiger partial charge in [-0.3, -0.25) is 33.6 Å². The molecular weight excluding hydrogens is 1950 g/mol. The van der Waals surface area contributed by atoms with Gasteiger partial charge in [-0.1, -0.05) is 0 Å². The molecule has 11 heterocycles. The summed E-state index contributed by atoms with van der Waals surface area (Å²) in [7, 11) is 0. The van der Waals surface area contributed by atoms with E-state index in [1.807, 2.05) is 0 Å². The summed E-state index contributed by atoms with van der Waals surface area (Å²) >= 11 is 0. The number of hydrogen-bond acceptors (Lipinski definition) is 56. The highest BCUT2D eigenvalue weighted by Gasteiger charge is 2.64. The largest absolute Gasteiger partial charge is 0.394 e. The molecule has 1 unspecified atom stereocenters. The Morgan fingerprint density at radius 1 is 0.182 bits per heavy atom. The second-order valence-electron chi connectivity index (χ2n) is 36.0. The average molecular weight is 2090 g/mol. The number of carbonyl (C=O) groups is 7. The minimum absolute atomic E-state index is 0.834. The third kappa shape index (κ3) is 26.7. The summed E-state index contributed by atoms with van der Waals surface area (Å²) < 4.78 is 128. The lowest BCUT2D eigenvalue weighted by atomic mass is 9.93. The second kappa shape index (κ2) is 51.9. The van der Waals surface area contributed by atoms with Crippen molar-refractivity contribution in [1.29, 1.82) is 0 Å². The fourth-order valence-corrected chi connectivity index (χ4v) is 18.6. The Bertz CT molecular complexity index is 4050. The van der Waals surface area contributed by atoms with E-state index in [1.165, 1.54) is 0 Å². The predicted octanol–water partition coefficient (Wildman–Crippen LogP) is -24.0. The standard InChI is InChI=1S/C80H133N7O56/c1-19(98)81-37-51(112)61(30(12-92)124-70(37)122)135-73-40(84-22(4)101)55(116)65(34(16-96)129-73)140-78-60(121)67(48(109)36(134-78)18-123-79-68(57(118)47(108)29(11-91)128-79)142-75-42(86-24(6)103)52(113)62(31(13-93)131-75)136-71-38(82-20(2)99)49(110)44(105)26(8-88)125-71)141-80-69(143-76-43(87-25(7)104)53(114)63(32(14-94)132-76)137-72-39(83-21(3)100)50(111)45(106)27(9-89)126-72)59(120)66(35(17-97)133-80)138-74-41(85-23(5)102)54(115)64(33(15-95)130-74)139-77-58(119)56(117)46(107)28(10-90)127-77/h26-80,88-97,105-122H,8-18H2,1-7H3,(H,81,98)(H,82,99)(H,83,100)(H,84,101)(H,85,102)(H,86,103)(H,87,104)/t26-,27-,28-,29-,30-,31-,32-,33-,34-,35-,36-,37-,38-,39-,40-,41-,42-,43-,44+,45+,46+,47-,48-,49-,50-,51-,52-,53-,54-,55-,56+,57+,58-,59+,60+,61-,62-,63-,64-,65-,66-,67+,68+,69+,70?,71+,72+,73+,74+,75+,76+,77+,78+,79+,80-/m1/s1. The Hall–Kier alpha value is -5.67. The molecule has 0 aromatic rings. The molecule has 0 saturated carbocycles. The maximum absolute atomic E-state index is 13.5. The Balaban J connectivity index is 0.993. The first-order valence-electron chi connectivity index (χ1n) is 45.6. The van der Waals surface area contributed by atoms with Gasteiger partial charge in [-0.15, -0.1) is 0 Å². The lowest BCUT2D eigenvalue weighted by Gasteiger charge is -2.52. The van der Waals surface area contributed by atoms with Crippen LogP contribution in [0.5, 0.6) is 0 Å². The zero-order chi connectivity index (χ0) is 105. The van der Waals surface area contributed by atoms with Crippen LogP contribution in [0.4, 0.5) is 0 Å². The topological polar surface area (TPSA) is 964 Å². The van der Waals surface area contributed by atoms with Crippen LogP contribution >= 0.6 is 0 Å². The SMILES string of the molecule is CC(=O)N[C@H]1[C@H](O[C@H]2[C@H](O)[C@@H](NC(C)=O)C(O)O[C@@H]2CO)O[C@H](CO)[C@@H](O[C@@H]2O[C@H](CO[C@H]3O[C@H](CO)[C@@H](O)[C@H](O)[C@@H]3O[C@@H]3O[C@H](CO)[C@@H](O[C@@H]4O[C@H](CO)[C@H](O)[C@H](O)[C@H]4NC(C)=O)[C@H](O)[C@H]3NC(C)=O)[C@@H](O)[C@H](O[C@H]3O[C@H](CO)[C@@H](O[C@@H]4O[C@H](CO)[C@@H](O[C@@H]5O[C@H](CO)[C@H](O)[C@H](O)[C@H]5O)[C@H](O)[C@H]4NC(C)=O)[C@H](O)[C@@H]3O[C@@H]3O[C@H](CO)[C@@H](O[C@@H]4O[C@H](CO)[C@H](O)[C@H](O)[C@H]4NC(C)=O)[C@H](O)[C@H]3NC(C)=O)[C@@H]2O)[C@@H]1O. The number of carbonyl (C=O) groups excluding carboxylic acids is 7. The van der Waals surface area contributed by atoms with Crippen LogP contribution in [0.1, 0.15) is 48.5 Å². The number of ether oxygens (including phenoxy) is 21. The quantitative estimate of drug-likeness (QED) is 0.0273. The summed E-state index contributed by atoms with van der Waals surface area (Å²) in [4.78, 5) is 90.7. The molecule has 0 spiro atoms. The fraction of sp³-hybridized carbons (Fsp3) is 0.912. The molecule has 0 aromatic heterocycles. The molecular formula is C80H133N7O56. The van der Waals surface area contributed by atoms with E-state index < -0.39 is 451 Å². The van der Waals surface area contributed by atoms with Crippen molar-refractivity contribution in [3.8, 4) is 0 Å². The number of aliphatic hydroxyl groups excluding tert-OH is 28. The second-order valence-corrected chi connectivity index (χ2v) is 36.0. The van der Waals surface area contributed by atoms with Gasteiger partial charge in [-0.05, 0) is 0 Å². The van der Waals surface area contributed by atoms with E-state index in [0.717, 1.165) is 48.5 Å². The number of amides is 7. The number of nitrogens with one attached hydrogen (secondary N) is 7. The minimum atomic E-state index is -2.77. The van der Waals surface area contributed by atoms with Crippen LogP contribution in [-0.4, -0.2) is 594 Å². The van der Waals surface area contributed by atoms with Crippen LogP contribution in [0.15, 0.2) is 0 Å². The fourth-order valence-electron chi connectivity index (χ4n) is 18.6. The molecule has 11 aliphatic heterocycles. The lowest BCUT2D eigenvalue weighted by Crippen LogP contribution is -2.72. The summed E-state index contributed by atoms with van der Waals surface area (Å²) in [6.45, 7) is -6.49. The van der Waals surface area contributed by atoms with Crippen LogP contribution in [0.3, 0.4) is 0 Å². The lowest BCUT2D eigenvalue weighted by molar-refractivity contribution is -0.406. The molecule has 7 amide bonds. The van der Waals surface area contributed by atoms with E-state index >= 15 is 0 Å². The summed E-state index contributed by atoms with van der Waals surface area (Å²) in [5, 5.41) is 336. The van der Waals surface area contributed by atoms with Gasteiger partial charge in [0.15, 0.2) is 69.2 Å². The molecule has 0 aromatic carbocycles. The highest BCUT2D eigenvalue weighted by atomic mass is 16.8. The van der Waals surface area contributed by atoms with Crippen molar-refractivity contribution in [2.75, 3.05) is 72.7 Å². The van der Waals surface area contributed by atoms with Gasteiger partial charge in [-0.25, -0.2) is 0 Å². The molecule has 11 aliphatic rings.